The second-order valence-electron chi connectivity index (χ2n) is 4.57. The maximum absolute atomic E-state index is 11.8. The quantitative estimate of drug-likeness (QED) is 0.723. The molecule has 0 aromatic rings. The zero-order valence-corrected chi connectivity index (χ0v) is 10.2. The van der Waals surface area contributed by atoms with Crippen molar-refractivity contribution in [3.05, 3.63) is 0 Å². The van der Waals surface area contributed by atoms with E-state index in [-0.39, 0.29) is 0 Å². The van der Waals surface area contributed by atoms with Crippen LogP contribution in [0.15, 0.2) is 0 Å². The molecule has 86 valence electrons. The summed E-state index contributed by atoms with van der Waals surface area (Å²) in [5.41, 5.74) is 0. The minimum absolute atomic E-state index is 0.374. The van der Waals surface area contributed by atoms with Gasteiger partial charge >= 0.3 is 0 Å². The van der Waals surface area contributed by atoms with E-state index in [1.807, 2.05) is 11.8 Å². The van der Waals surface area contributed by atoms with Gasteiger partial charge in [0.1, 0.15) is 0 Å². The Hall–Kier alpha value is -0.220. The Balaban J connectivity index is 1.73. The molecule has 0 spiro atoms. The first-order chi connectivity index (χ1) is 7.31. The first-order valence-corrected chi connectivity index (χ1v) is 7.18. The van der Waals surface area contributed by atoms with Crippen LogP contribution in [0.4, 0.5) is 0 Å². The highest BCUT2D eigenvalue weighted by Crippen LogP contribution is 2.26. The number of hydrogen-bond acceptors (Lipinski definition) is 3. The van der Waals surface area contributed by atoms with Gasteiger partial charge in [0.25, 0.3) is 0 Å². The zero-order valence-electron chi connectivity index (χ0n) is 9.37. The maximum Gasteiger partial charge on any atom is 0.222 e. The standard InChI is InChI=1S/C11H20N2OS/c1-15-4-2-3-11(14)13-7-9-5-12-6-10(9)8-13/h9-10,12H,2-8H2,1H3/t9-,10+. The van der Waals surface area contributed by atoms with Gasteiger partial charge < -0.3 is 10.2 Å². The minimum atomic E-state index is 0.374. The second kappa shape index (κ2) is 5.21. The molecule has 2 fully saturated rings. The van der Waals surface area contributed by atoms with Gasteiger partial charge in [-0.05, 0) is 30.3 Å². The summed E-state index contributed by atoms with van der Waals surface area (Å²) >= 11 is 1.82. The molecule has 0 radical (unpaired) electrons. The molecular weight excluding hydrogens is 208 g/mol. The van der Waals surface area contributed by atoms with Gasteiger partial charge in [-0.2, -0.15) is 11.8 Å². The third kappa shape index (κ3) is 2.67. The highest BCUT2D eigenvalue weighted by molar-refractivity contribution is 7.98. The smallest absolute Gasteiger partial charge is 0.222 e. The summed E-state index contributed by atoms with van der Waals surface area (Å²) in [5.74, 6) is 2.94. The molecule has 2 saturated heterocycles. The zero-order chi connectivity index (χ0) is 10.7. The van der Waals surface area contributed by atoms with E-state index < -0.39 is 0 Å². The van der Waals surface area contributed by atoms with Crippen molar-refractivity contribution in [1.29, 1.82) is 0 Å². The molecule has 3 nitrogen and oxygen atoms in total. The van der Waals surface area contributed by atoms with E-state index in [1.54, 1.807) is 0 Å². The molecule has 2 aliphatic rings. The molecule has 2 aliphatic heterocycles. The maximum atomic E-state index is 11.8. The largest absolute Gasteiger partial charge is 0.342 e. The monoisotopic (exact) mass is 228 g/mol. The molecule has 2 atom stereocenters. The number of nitrogens with one attached hydrogen (secondary N) is 1. The van der Waals surface area contributed by atoms with Gasteiger partial charge in [-0.25, -0.2) is 0 Å². The molecule has 0 bridgehead atoms. The fourth-order valence-electron chi connectivity index (χ4n) is 2.58. The fourth-order valence-corrected chi connectivity index (χ4v) is 3.02. The summed E-state index contributed by atoms with van der Waals surface area (Å²) in [6.07, 6.45) is 3.87. The topological polar surface area (TPSA) is 32.3 Å². The third-order valence-corrected chi connectivity index (χ3v) is 4.18. The van der Waals surface area contributed by atoms with E-state index in [0.717, 1.165) is 56.6 Å². The Morgan fingerprint density at radius 1 is 1.40 bits per heavy atom. The molecule has 2 heterocycles. The Bertz CT molecular complexity index is 223. The van der Waals surface area contributed by atoms with Gasteiger partial charge in [-0.1, -0.05) is 0 Å². The predicted octanol–water partition coefficient (Wildman–Crippen LogP) is 0.807. The van der Waals surface area contributed by atoms with Gasteiger partial charge in [-0.15, -0.1) is 0 Å². The molecule has 0 aromatic carbocycles. The SMILES string of the molecule is CSCCCC(=O)N1C[C@H]2CNC[C@H]2C1. The molecule has 1 amide bonds. The molecule has 0 unspecified atom stereocenters. The van der Waals surface area contributed by atoms with Crippen molar-refractivity contribution in [2.24, 2.45) is 11.8 Å². The Morgan fingerprint density at radius 2 is 2.07 bits per heavy atom. The van der Waals surface area contributed by atoms with E-state index in [0.29, 0.717) is 5.91 Å². The van der Waals surface area contributed by atoms with Crippen LogP contribution >= 0.6 is 11.8 Å². The third-order valence-electron chi connectivity index (χ3n) is 3.48. The summed E-state index contributed by atoms with van der Waals surface area (Å²) in [6.45, 7) is 4.21. The summed E-state index contributed by atoms with van der Waals surface area (Å²) in [5, 5.41) is 3.39. The predicted molar refractivity (Wildman–Crippen MR) is 64.0 cm³/mol. The Kier molecular flexibility index (Phi) is 3.92. The summed E-state index contributed by atoms with van der Waals surface area (Å²) in [4.78, 5) is 13.9. The van der Waals surface area contributed by atoms with Crippen LogP contribution in [0.5, 0.6) is 0 Å². The average molecular weight is 228 g/mol. The lowest BCUT2D eigenvalue weighted by Gasteiger charge is -2.17. The number of rotatable bonds is 4. The number of amides is 1. The van der Waals surface area contributed by atoms with Gasteiger partial charge in [-0.3, -0.25) is 4.79 Å². The van der Waals surface area contributed by atoms with E-state index in [2.05, 4.69) is 16.5 Å². The van der Waals surface area contributed by atoms with Crippen molar-refractivity contribution >= 4 is 17.7 Å². The van der Waals surface area contributed by atoms with Crippen LogP contribution in [0, 0.1) is 11.8 Å². The van der Waals surface area contributed by atoms with Gasteiger partial charge in [0, 0.05) is 32.6 Å². The molecule has 2 rings (SSSR count). The van der Waals surface area contributed by atoms with Crippen LogP contribution in [0.2, 0.25) is 0 Å². The van der Waals surface area contributed by atoms with Crippen LogP contribution in [0.3, 0.4) is 0 Å². The number of thioether (sulfide) groups is 1. The number of fused-ring (bicyclic) bond motifs is 1. The average Bonchev–Trinajstić information content (AvgIpc) is 2.76. The normalized spacial score (nSPS) is 29.5. The Labute approximate surface area is 96.0 Å². The summed E-state index contributed by atoms with van der Waals surface area (Å²) in [7, 11) is 0. The van der Waals surface area contributed by atoms with E-state index in [9.17, 15) is 4.79 Å². The molecule has 0 saturated carbocycles. The lowest BCUT2D eigenvalue weighted by atomic mass is 10.0. The van der Waals surface area contributed by atoms with Crippen LogP contribution < -0.4 is 5.32 Å². The van der Waals surface area contributed by atoms with Crippen molar-refractivity contribution in [2.75, 3.05) is 38.2 Å². The van der Waals surface area contributed by atoms with E-state index in [4.69, 9.17) is 0 Å². The van der Waals surface area contributed by atoms with Crippen LogP contribution in [0.25, 0.3) is 0 Å². The van der Waals surface area contributed by atoms with Gasteiger partial charge in [0.05, 0.1) is 0 Å². The fraction of sp³-hybridized carbons (Fsp3) is 0.909. The Morgan fingerprint density at radius 3 is 2.67 bits per heavy atom. The van der Waals surface area contributed by atoms with Gasteiger partial charge in [0.2, 0.25) is 5.91 Å². The molecule has 0 aromatic heterocycles. The number of carbonyl (C=O) groups is 1. The number of carbonyl (C=O) groups excluding carboxylic acids is 1. The number of hydrogen-bond donors (Lipinski definition) is 1. The highest BCUT2D eigenvalue weighted by Gasteiger charge is 2.37. The number of likely N-dealkylation sites (tertiary alicyclic amines) is 1. The van der Waals surface area contributed by atoms with Crippen LogP contribution in [-0.2, 0) is 4.79 Å². The molecule has 4 heteroatoms. The van der Waals surface area contributed by atoms with Crippen molar-refractivity contribution in [2.45, 2.75) is 12.8 Å². The van der Waals surface area contributed by atoms with Crippen molar-refractivity contribution in [3.8, 4) is 0 Å². The van der Waals surface area contributed by atoms with E-state index in [1.165, 1.54) is 0 Å². The van der Waals surface area contributed by atoms with E-state index >= 15 is 0 Å². The van der Waals surface area contributed by atoms with Crippen molar-refractivity contribution < 1.29 is 4.79 Å². The number of nitrogens with zero attached hydrogens (tertiary/aromatic N) is 1. The first kappa shape index (κ1) is 11.3. The lowest BCUT2D eigenvalue weighted by Crippen LogP contribution is -2.31. The summed E-state index contributed by atoms with van der Waals surface area (Å²) in [6, 6.07) is 0. The second-order valence-corrected chi connectivity index (χ2v) is 5.56. The lowest BCUT2D eigenvalue weighted by molar-refractivity contribution is -0.130. The first-order valence-electron chi connectivity index (χ1n) is 5.78. The molecule has 15 heavy (non-hydrogen) atoms. The molecule has 0 aliphatic carbocycles. The molecular formula is C11H20N2OS. The van der Waals surface area contributed by atoms with Crippen molar-refractivity contribution in [3.63, 3.8) is 0 Å². The highest BCUT2D eigenvalue weighted by atomic mass is 32.2. The molecule has 1 N–H and O–H groups in total. The summed E-state index contributed by atoms with van der Waals surface area (Å²) < 4.78 is 0. The van der Waals surface area contributed by atoms with Crippen LogP contribution in [0.1, 0.15) is 12.8 Å². The van der Waals surface area contributed by atoms with Gasteiger partial charge in [0.15, 0.2) is 0 Å². The van der Waals surface area contributed by atoms with Crippen LogP contribution in [-0.4, -0.2) is 49.0 Å². The minimum Gasteiger partial charge on any atom is -0.342 e. The van der Waals surface area contributed by atoms with Crippen molar-refractivity contribution in [1.82, 2.24) is 10.2 Å².